The molecule has 0 aliphatic carbocycles. The van der Waals surface area contributed by atoms with Crippen molar-refractivity contribution in [3.63, 3.8) is 0 Å². The third-order valence-corrected chi connectivity index (χ3v) is 5.38. The van der Waals surface area contributed by atoms with E-state index < -0.39 is 0 Å². The average molecular weight is 550 g/mol. The first-order valence-corrected chi connectivity index (χ1v) is 9.66. The van der Waals surface area contributed by atoms with E-state index in [1.807, 2.05) is 24.4 Å². The van der Waals surface area contributed by atoms with Gasteiger partial charge in [0.25, 0.3) is 0 Å². The number of para-hydroxylation sites is 2. The Morgan fingerprint density at radius 1 is 1.18 bits per heavy atom. The summed E-state index contributed by atoms with van der Waals surface area (Å²) in [6.07, 6.45) is 4.03. The van der Waals surface area contributed by atoms with E-state index in [2.05, 4.69) is 51.0 Å². The second kappa shape index (κ2) is 9.62. The summed E-state index contributed by atoms with van der Waals surface area (Å²) in [7, 11) is 0. The number of rotatable bonds is 6. The minimum Gasteiger partial charge on any atom is -0.482 e. The van der Waals surface area contributed by atoms with Gasteiger partial charge in [0.2, 0.25) is 5.95 Å². The first-order chi connectivity index (χ1) is 13.3. The van der Waals surface area contributed by atoms with Crippen LogP contribution in [-0.2, 0) is 20.4 Å². The molecule has 2 aromatic heterocycles. The molecule has 0 saturated carbocycles. The standard InChI is InChI=1S/C21H27N6.Re/c1-16(18-6-4-5-12-23-18)27-20-8-3-2-7-19(20)25-21(27)24-17-9-13-26(14-10-17)15-11-22;/h2-8,11-12,16-17H,9-10,13-15,22H2,1H3,(H,24,25);/q-1;. The molecule has 1 unspecified atom stereocenters. The Kier molecular flexibility index (Phi) is 7.20. The van der Waals surface area contributed by atoms with Crippen LogP contribution in [0.25, 0.3) is 11.0 Å². The Hall–Kier alpha value is -1.78. The third-order valence-electron chi connectivity index (χ3n) is 5.38. The van der Waals surface area contributed by atoms with Crippen LogP contribution in [0.15, 0.2) is 48.7 Å². The molecule has 28 heavy (non-hydrogen) atoms. The van der Waals surface area contributed by atoms with Crippen molar-refractivity contribution >= 4 is 17.0 Å². The van der Waals surface area contributed by atoms with E-state index in [1.54, 1.807) is 6.54 Å². The molecule has 6 nitrogen and oxygen atoms in total. The fraction of sp³-hybridized carbons (Fsp3) is 0.381. The van der Waals surface area contributed by atoms with Gasteiger partial charge in [-0.05, 0) is 57.1 Å². The van der Waals surface area contributed by atoms with Gasteiger partial charge in [-0.25, -0.2) is 4.98 Å². The number of hydrogen-bond donors (Lipinski definition) is 2. The molecule has 1 fully saturated rings. The van der Waals surface area contributed by atoms with Gasteiger partial charge in [0, 0.05) is 32.7 Å². The van der Waals surface area contributed by atoms with Gasteiger partial charge >= 0.3 is 0 Å². The van der Waals surface area contributed by atoms with Crippen molar-refractivity contribution in [2.45, 2.75) is 31.8 Å². The van der Waals surface area contributed by atoms with Crippen molar-refractivity contribution in [1.29, 1.82) is 0 Å². The van der Waals surface area contributed by atoms with Crippen molar-refractivity contribution in [1.82, 2.24) is 19.4 Å². The number of benzene rings is 1. The zero-order valence-electron chi connectivity index (χ0n) is 16.1. The van der Waals surface area contributed by atoms with Gasteiger partial charge in [0.05, 0.1) is 22.8 Å². The van der Waals surface area contributed by atoms with Crippen LogP contribution in [0.2, 0.25) is 0 Å². The summed E-state index contributed by atoms with van der Waals surface area (Å²) in [5.74, 6) is 0.929. The predicted molar refractivity (Wildman–Crippen MR) is 109 cm³/mol. The molecule has 3 aromatic rings. The molecule has 1 atom stereocenters. The first kappa shape index (κ1) is 20.9. The Balaban J connectivity index is 0.00000225. The van der Waals surface area contributed by atoms with E-state index in [1.165, 1.54) is 0 Å². The molecule has 7 heteroatoms. The van der Waals surface area contributed by atoms with Gasteiger partial charge in [-0.3, -0.25) is 11.5 Å². The topological polar surface area (TPSA) is 72.0 Å². The number of nitrogens with zero attached hydrogens (tertiary/aromatic N) is 4. The molecule has 1 aromatic carbocycles. The number of nitrogens with one attached hydrogen (secondary N) is 1. The van der Waals surface area contributed by atoms with Gasteiger partial charge in [-0.1, -0.05) is 18.2 Å². The summed E-state index contributed by atoms with van der Waals surface area (Å²) in [4.78, 5) is 11.8. The Bertz CT molecular complexity index is 873. The van der Waals surface area contributed by atoms with Crippen LogP contribution in [0.4, 0.5) is 5.95 Å². The van der Waals surface area contributed by atoms with Crippen LogP contribution in [0, 0.1) is 6.54 Å². The number of likely N-dealkylation sites (tertiary alicyclic amines) is 1. The van der Waals surface area contributed by atoms with Gasteiger partial charge in [-0.2, -0.15) is 0 Å². The van der Waals surface area contributed by atoms with Crippen LogP contribution in [0.5, 0.6) is 0 Å². The average Bonchev–Trinajstić information content (AvgIpc) is 3.07. The van der Waals surface area contributed by atoms with Gasteiger partial charge in [0.15, 0.2) is 0 Å². The molecule has 0 bridgehead atoms. The Labute approximate surface area is 180 Å². The minimum atomic E-state index is 0. The number of aromatic nitrogens is 3. The van der Waals surface area contributed by atoms with Crippen molar-refractivity contribution in [3.8, 4) is 0 Å². The van der Waals surface area contributed by atoms with E-state index in [0.29, 0.717) is 6.04 Å². The van der Waals surface area contributed by atoms with Crippen LogP contribution >= 0.6 is 0 Å². The van der Waals surface area contributed by atoms with E-state index in [0.717, 1.165) is 55.2 Å². The van der Waals surface area contributed by atoms with Crippen LogP contribution in [-0.4, -0.2) is 45.1 Å². The van der Waals surface area contributed by atoms with E-state index in [-0.39, 0.29) is 26.5 Å². The Morgan fingerprint density at radius 3 is 2.64 bits per heavy atom. The number of anilines is 1. The largest absolute Gasteiger partial charge is 0.482 e. The summed E-state index contributed by atoms with van der Waals surface area (Å²) in [6.45, 7) is 6.90. The molecular weight excluding hydrogens is 522 g/mol. The molecule has 4 rings (SSSR count). The van der Waals surface area contributed by atoms with Crippen molar-refractivity contribution in [3.05, 3.63) is 60.9 Å². The molecule has 1 aliphatic rings. The van der Waals surface area contributed by atoms with Gasteiger partial charge in [0.1, 0.15) is 0 Å². The fourth-order valence-electron chi connectivity index (χ4n) is 3.89. The summed E-state index contributed by atoms with van der Waals surface area (Å²) < 4.78 is 2.28. The van der Waals surface area contributed by atoms with E-state index >= 15 is 0 Å². The quantitative estimate of drug-likeness (QED) is 0.463. The molecule has 0 amide bonds. The first-order valence-electron chi connectivity index (χ1n) is 9.66. The summed E-state index contributed by atoms with van der Waals surface area (Å²) in [6, 6.07) is 14.9. The number of fused-ring (bicyclic) bond motifs is 1. The molecule has 1 saturated heterocycles. The second-order valence-electron chi connectivity index (χ2n) is 7.18. The monoisotopic (exact) mass is 550 g/mol. The molecular formula is C21H27N6Re-. The van der Waals surface area contributed by atoms with Crippen molar-refractivity contribution in [2.24, 2.45) is 5.73 Å². The van der Waals surface area contributed by atoms with Crippen LogP contribution in [0.1, 0.15) is 31.5 Å². The molecule has 3 N–H and O–H groups in total. The maximum atomic E-state index is 5.57. The molecule has 1 aliphatic heterocycles. The third kappa shape index (κ3) is 4.44. The van der Waals surface area contributed by atoms with Crippen LogP contribution in [0.3, 0.4) is 0 Å². The number of piperidine rings is 1. The van der Waals surface area contributed by atoms with Crippen molar-refractivity contribution < 1.29 is 20.4 Å². The maximum Gasteiger partial charge on any atom is 0.204 e. The number of imidazole rings is 1. The van der Waals surface area contributed by atoms with Crippen LogP contribution < -0.4 is 11.1 Å². The second-order valence-corrected chi connectivity index (χ2v) is 7.18. The molecule has 1 radical (unpaired) electrons. The van der Waals surface area contributed by atoms with E-state index in [4.69, 9.17) is 10.7 Å². The maximum absolute atomic E-state index is 5.57. The molecule has 149 valence electrons. The number of nitrogens with two attached hydrogens (primary N) is 1. The predicted octanol–water partition coefficient (Wildman–Crippen LogP) is 3.03. The fourth-order valence-corrected chi connectivity index (χ4v) is 3.89. The minimum absolute atomic E-state index is 0. The smallest absolute Gasteiger partial charge is 0.204 e. The summed E-state index contributed by atoms with van der Waals surface area (Å²) in [5, 5.41) is 3.71. The zero-order valence-corrected chi connectivity index (χ0v) is 18.8. The Morgan fingerprint density at radius 2 is 1.93 bits per heavy atom. The number of hydrogen-bond acceptors (Lipinski definition) is 5. The van der Waals surface area contributed by atoms with E-state index in [9.17, 15) is 0 Å². The molecule has 3 heterocycles. The molecule has 0 spiro atoms. The van der Waals surface area contributed by atoms with Gasteiger partial charge < -0.3 is 20.5 Å². The number of pyridine rings is 1. The van der Waals surface area contributed by atoms with Crippen molar-refractivity contribution in [2.75, 3.05) is 25.0 Å². The summed E-state index contributed by atoms with van der Waals surface area (Å²) >= 11 is 0. The van der Waals surface area contributed by atoms with Gasteiger partial charge in [-0.15, -0.1) is 6.54 Å². The normalized spacial score (nSPS) is 16.6. The summed E-state index contributed by atoms with van der Waals surface area (Å²) in [5.41, 5.74) is 8.75. The zero-order chi connectivity index (χ0) is 18.6. The SMILES string of the molecule is CC(c1ccccn1)n1c(NC2CCN(C[CH-]N)CC2)nc2ccccc21.[Re].